The summed E-state index contributed by atoms with van der Waals surface area (Å²) in [6.45, 7) is 3.59. The third-order valence-corrected chi connectivity index (χ3v) is 6.10. The van der Waals surface area contributed by atoms with Crippen molar-refractivity contribution in [3.63, 3.8) is 0 Å². The van der Waals surface area contributed by atoms with Gasteiger partial charge in [-0.05, 0) is 56.3 Å². The fourth-order valence-corrected chi connectivity index (χ4v) is 4.34. The van der Waals surface area contributed by atoms with Crippen molar-refractivity contribution in [3.8, 4) is 52.4 Å². The van der Waals surface area contributed by atoms with Crippen LogP contribution in [0.5, 0.6) is 5.75 Å². The number of alkyl halides is 3. The maximum absolute atomic E-state index is 14.2. The van der Waals surface area contributed by atoms with Crippen molar-refractivity contribution in [2.75, 3.05) is 0 Å². The first-order chi connectivity index (χ1) is 18.0. The third kappa shape index (κ3) is 4.13. The molecule has 2 heterocycles. The normalized spacial score (nSPS) is 13.2. The molecule has 0 fully saturated rings. The van der Waals surface area contributed by atoms with E-state index in [-0.39, 0.29) is 11.1 Å². The first-order valence-corrected chi connectivity index (χ1v) is 11.3. The van der Waals surface area contributed by atoms with Crippen LogP contribution in [0.15, 0.2) is 54.6 Å². The number of hydrogen-bond donors (Lipinski definition) is 1. The van der Waals surface area contributed by atoms with Crippen LogP contribution in [-0.4, -0.2) is 9.97 Å². The zero-order valence-corrected chi connectivity index (χ0v) is 20.0. The highest BCUT2D eigenvalue weighted by atomic mass is 19.4. The van der Waals surface area contributed by atoms with Gasteiger partial charge in [-0.15, -0.1) is 0 Å². The lowest BCUT2D eigenvalue weighted by Crippen LogP contribution is -2.29. The minimum absolute atomic E-state index is 0.283. The molecule has 5 nitrogen and oxygen atoms in total. The Labute approximate surface area is 215 Å². The number of benzene rings is 3. The third-order valence-electron chi connectivity index (χ3n) is 6.10. The lowest BCUT2D eigenvalue weighted by molar-refractivity contribution is -0.138. The SMILES string of the molecule is CC1(C)Oc2cc(C#Cc3c(F)cccc3C(F)(F)F)ccc2-c2nc(-c3c(C#N)cccc3C#N)[nH]c21. The van der Waals surface area contributed by atoms with Crippen LogP contribution in [0, 0.1) is 40.3 Å². The van der Waals surface area contributed by atoms with Gasteiger partial charge in [0.2, 0.25) is 0 Å². The van der Waals surface area contributed by atoms with E-state index in [1.54, 1.807) is 50.2 Å². The highest BCUT2D eigenvalue weighted by Crippen LogP contribution is 2.45. The number of ether oxygens (including phenoxy) is 1. The molecule has 5 rings (SSSR count). The van der Waals surface area contributed by atoms with Crippen molar-refractivity contribution in [3.05, 3.63) is 93.9 Å². The zero-order valence-electron chi connectivity index (χ0n) is 20.0. The Kier molecular flexibility index (Phi) is 5.70. The van der Waals surface area contributed by atoms with Crippen molar-refractivity contribution >= 4 is 0 Å². The molecule has 1 N–H and O–H groups in total. The van der Waals surface area contributed by atoms with E-state index in [0.717, 1.165) is 18.2 Å². The van der Waals surface area contributed by atoms with Crippen molar-refractivity contribution in [2.45, 2.75) is 25.6 Å². The maximum Gasteiger partial charge on any atom is 0.417 e. The molecule has 3 aromatic carbocycles. The molecule has 186 valence electrons. The molecule has 0 amide bonds. The van der Waals surface area contributed by atoms with Crippen LogP contribution in [0.25, 0.3) is 22.6 Å². The van der Waals surface area contributed by atoms with E-state index in [4.69, 9.17) is 9.72 Å². The predicted octanol–water partition coefficient (Wildman–Crippen LogP) is 6.67. The number of fused-ring (bicyclic) bond motifs is 3. The second-order valence-electron chi connectivity index (χ2n) is 8.99. The molecular formula is C29H16F4N4O. The predicted molar refractivity (Wildman–Crippen MR) is 130 cm³/mol. The maximum atomic E-state index is 14.2. The fourth-order valence-electron chi connectivity index (χ4n) is 4.34. The number of rotatable bonds is 1. The van der Waals surface area contributed by atoms with Crippen molar-refractivity contribution in [2.24, 2.45) is 0 Å². The van der Waals surface area contributed by atoms with Gasteiger partial charge in [-0.2, -0.15) is 23.7 Å². The molecule has 1 aliphatic rings. The lowest BCUT2D eigenvalue weighted by atomic mass is 9.94. The van der Waals surface area contributed by atoms with Crippen LogP contribution in [0.1, 0.15) is 47.4 Å². The fraction of sp³-hybridized carbons (Fsp3) is 0.138. The van der Waals surface area contributed by atoms with Crippen LogP contribution in [0.4, 0.5) is 17.6 Å². The highest BCUT2D eigenvalue weighted by Gasteiger charge is 2.37. The van der Waals surface area contributed by atoms with E-state index in [1.165, 1.54) is 0 Å². The van der Waals surface area contributed by atoms with Crippen LogP contribution in [0.2, 0.25) is 0 Å². The summed E-state index contributed by atoms with van der Waals surface area (Å²) in [5.41, 5.74) is 0.204. The topological polar surface area (TPSA) is 85.5 Å². The van der Waals surface area contributed by atoms with Crippen LogP contribution in [0.3, 0.4) is 0 Å². The smallest absolute Gasteiger partial charge is 0.417 e. The molecule has 1 aliphatic heterocycles. The number of nitrogens with one attached hydrogen (secondary N) is 1. The first-order valence-electron chi connectivity index (χ1n) is 11.3. The van der Waals surface area contributed by atoms with Gasteiger partial charge in [0, 0.05) is 11.1 Å². The Bertz CT molecular complexity index is 1730. The molecule has 0 saturated carbocycles. The van der Waals surface area contributed by atoms with Crippen molar-refractivity contribution < 1.29 is 22.3 Å². The van der Waals surface area contributed by atoms with E-state index in [2.05, 4.69) is 29.0 Å². The Hall–Kier alpha value is -5.07. The van der Waals surface area contributed by atoms with Crippen molar-refractivity contribution in [1.29, 1.82) is 10.5 Å². The summed E-state index contributed by atoms with van der Waals surface area (Å²) >= 11 is 0. The number of nitriles is 2. The van der Waals surface area contributed by atoms with Gasteiger partial charge in [0.05, 0.1) is 51.3 Å². The molecule has 0 bridgehead atoms. The van der Waals surface area contributed by atoms with Gasteiger partial charge >= 0.3 is 6.18 Å². The van der Waals surface area contributed by atoms with Crippen LogP contribution in [-0.2, 0) is 11.8 Å². The summed E-state index contributed by atoms with van der Waals surface area (Å²) < 4.78 is 60.4. The largest absolute Gasteiger partial charge is 0.481 e. The van der Waals surface area contributed by atoms with Gasteiger partial charge in [-0.3, -0.25) is 0 Å². The van der Waals surface area contributed by atoms with E-state index in [1.807, 2.05) is 0 Å². The average molecular weight is 512 g/mol. The molecule has 0 atom stereocenters. The number of aromatic amines is 1. The monoisotopic (exact) mass is 512 g/mol. The van der Waals surface area contributed by atoms with E-state index in [9.17, 15) is 28.1 Å². The molecule has 9 heteroatoms. The molecule has 4 aromatic rings. The summed E-state index contributed by atoms with van der Waals surface area (Å²) in [4.78, 5) is 7.90. The Morgan fingerprint density at radius 3 is 2.29 bits per heavy atom. The van der Waals surface area contributed by atoms with Crippen molar-refractivity contribution in [1.82, 2.24) is 9.97 Å². The summed E-state index contributed by atoms with van der Waals surface area (Å²) in [7, 11) is 0. The number of aromatic nitrogens is 2. The quantitative estimate of drug-likeness (QED) is 0.228. The number of hydrogen-bond acceptors (Lipinski definition) is 4. The molecule has 0 saturated heterocycles. The van der Waals surface area contributed by atoms with Gasteiger partial charge < -0.3 is 9.72 Å². The van der Waals surface area contributed by atoms with Gasteiger partial charge in [0.15, 0.2) is 0 Å². The Balaban J connectivity index is 1.61. The highest BCUT2D eigenvalue weighted by molar-refractivity contribution is 5.79. The molecule has 38 heavy (non-hydrogen) atoms. The number of halogens is 4. The summed E-state index contributed by atoms with van der Waals surface area (Å²) in [5.74, 6) is 4.57. The molecule has 0 radical (unpaired) electrons. The minimum Gasteiger partial charge on any atom is -0.481 e. The van der Waals surface area contributed by atoms with Gasteiger partial charge in [-0.25, -0.2) is 9.37 Å². The Morgan fingerprint density at radius 2 is 1.63 bits per heavy atom. The number of imidazole rings is 1. The lowest BCUT2D eigenvalue weighted by Gasteiger charge is -2.31. The minimum atomic E-state index is -4.75. The molecule has 0 unspecified atom stereocenters. The summed E-state index contributed by atoms with van der Waals surface area (Å²) in [6.07, 6.45) is -4.75. The zero-order chi connectivity index (χ0) is 27.2. The molecule has 1 aromatic heterocycles. The Morgan fingerprint density at radius 1 is 0.947 bits per heavy atom. The molecular weight excluding hydrogens is 496 g/mol. The average Bonchev–Trinajstić information content (AvgIpc) is 3.33. The van der Waals surface area contributed by atoms with Gasteiger partial charge in [0.1, 0.15) is 23.0 Å². The second kappa shape index (κ2) is 8.80. The number of H-pyrrole nitrogens is 1. The van der Waals surface area contributed by atoms with Crippen LogP contribution >= 0.6 is 0 Å². The summed E-state index contributed by atoms with van der Waals surface area (Å²) in [6, 6.07) is 16.5. The van der Waals surface area contributed by atoms with Gasteiger partial charge in [0.25, 0.3) is 0 Å². The van der Waals surface area contributed by atoms with Gasteiger partial charge in [-0.1, -0.05) is 24.0 Å². The van der Waals surface area contributed by atoms with E-state index in [0.29, 0.717) is 39.7 Å². The first kappa shape index (κ1) is 24.6. The standard InChI is InChI=1S/C29H16F4N4O/c1-28(2)26-25(36-27(37-26)24-17(14-34)5-3-6-18(24)15-35)20-12-10-16(13-23(20)38-28)9-11-19-21(29(31,32)33)7-4-8-22(19)30/h3-8,10,12-13H,1-2H3,(H,36,37). The molecule has 0 aliphatic carbocycles. The summed E-state index contributed by atoms with van der Waals surface area (Å²) in [5, 5.41) is 19.2. The molecule has 0 spiro atoms. The second-order valence-corrected chi connectivity index (χ2v) is 8.99. The van der Waals surface area contributed by atoms with Crippen LogP contribution < -0.4 is 4.74 Å². The van der Waals surface area contributed by atoms with E-state index < -0.39 is 28.7 Å². The van der Waals surface area contributed by atoms with E-state index >= 15 is 0 Å². The number of nitrogens with zero attached hydrogens (tertiary/aromatic N) is 3.